The van der Waals surface area contributed by atoms with Crippen molar-refractivity contribution >= 4 is 30.0 Å². The molecular weight excluding hydrogens is 364 g/mol. The fourth-order valence-corrected chi connectivity index (χ4v) is 2.89. The Morgan fingerprint density at radius 2 is 1.74 bits per heavy atom. The summed E-state index contributed by atoms with van der Waals surface area (Å²) in [6.45, 7) is 5.55. The molecule has 0 saturated heterocycles. The van der Waals surface area contributed by atoms with Crippen LogP contribution in [0.15, 0.2) is 48.5 Å². The van der Waals surface area contributed by atoms with Crippen molar-refractivity contribution in [3.63, 3.8) is 0 Å². The number of amides is 3. The van der Waals surface area contributed by atoms with Gasteiger partial charge in [0, 0.05) is 25.3 Å². The highest BCUT2D eigenvalue weighted by Gasteiger charge is 2.29. The van der Waals surface area contributed by atoms with E-state index in [-0.39, 0.29) is 18.3 Å². The molecule has 144 valence electrons. The van der Waals surface area contributed by atoms with Crippen LogP contribution in [-0.2, 0) is 24.4 Å². The van der Waals surface area contributed by atoms with Gasteiger partial charge in [-0.3, -0.25) is 4.79 Å². The number of benzene rings is 2. The van der Waals surface area contributed by atoms with Crippen LogP contribution in [0.2, 0.25) is 0 Å². The lowest BCUT2D eigenvalue weighted by molar-refractivity contribution is -0.126. The maximum atomic E-state index is 12.5. The van der Waals surface area contributed by atoms with Gasteiger partial charge in [-0.2, -0.15) is 0 Å². The first kappa shape index (κ1) is 20.7. The molecule has 0 radical (unpaired) electrons. The van der Waals surface area contributed by atoms with Gasteiger partial charge in [0.25, 0.3) is 0 Å². The summed E-state index contributed by atoms with van der Waals surface area (Å²) in [6, 6.07) is 14.9. The Morgan fingerprint density at radius 1 is 1.04 bits per heavy atom. The summed E-state index contributed by atoms with van der Waals surface area (Å²) in [6.07, 6.45) is 0. The number of hydrogen-bond donors (Lipinski definition) is 4. The third kappa shape index (κ3) is 5.45. The molecule has 2 aromatic carbocycles. The number of para-hydroxylation sites is 1. The number of anilines is 1. The van der Waals surface area contributed by atoms with Gasteiger partial charge in [-0.15, -0.1) is 12.4 Å². The summed E-state index contributed by atoms with van der Waals surface area (Å²) in [5.74, 6) is -0.237. The largest absolute Gasteiger partial charge is 0.350 e. The van der Waals surface area contributed by atoms with Gasteiger partial charge in [0.2, 0.25) is 5.91 Å². The van der Waals surface area contributed by atoms with E-state index in [1.165, 1.54) is 11.1 Å². The van der Waals surface area contributed by atoms with Crippen molar-refractivity contribution in [1.82, 2.24) is 16.0 Å². The summed E-state index contributed by atoms with van der Waals surface area (Å²) in [4.78, 5) is 24.6. The predicted octanol–water partition coefficient (Wildman–Crippen LogP) is 2.93. The zero-order chi connectivity index (χ0) is 18.6. The minimum absolute atomic E-state index is 0. The Labute approximate surface area is 165 Å². The van der Waals surface area contributed by atoms with Crippen LogP contribution >= 0.6 is 12.4 Å². The molecule has 1 aliphatic heterocycles. The van der Waals surface area contributed by atoms with E-state index in [4.69, 9.17) is 0 Å². The first-order chi connectivity index (χ1) is 12.4. The quantitative estimate of drug-likeness (QED) is 0.635. The van der Waals surface area contributed by atoms with Gasteiger partial charge >= 0.3 is 6.03 Å². The molecule has 3 rings (SSSR count). The van der Waals surface area contributed by atoms with E-state index in [1.54, 1.807) is 26.0 Å². The van der Waals surface area contributed by atoms with E-state index in [0.717, 1.165) is 18.7 Å². The molecule has 0 fully saturated rings. The number of carbonyl (C=O) groups is 2. The minimum Gasteiger partial charge on any atom is -0.350 e. The predicted molar refractivity (Wildman–Crippen MR) is 109 cm³/mol. The van der Waals surface area contributed by atoms with Crippen LogP contribution in [0.3, 0.4) is 0 Å². The number of hydrogen-bond acceptors (Lipinski definition) is 3. The highest BCUT2D eigenvalue weighted by molar-refractivity contribution is 5.95. The molecule has 0 aromatic heterocycles. The van der Waals surface area contributed by atoms with Crippen molar-refractivity contribution < 1.29 is 9.59 Å². The van der Waals surface area contributed by atoms with Gasteiger partial charge in [0.05, 0.1) is 0 Å². The summed E-state index contributed by atoms with van der Waals surface area (Å²) >= 11 is 0. The van der Waals surface area contributed by atoms with Crippen LogP contribution in [-0.4, -0.2) is 17.5 Å². The summed E-state index contributed by atoms with van der Waals surface area (Å²) in [7, 11) is 0. The maximum absolute atomic E-state index is 12.5. The topological polar surface area (TPSA) is 82.3 Å². The molecule has 1 aliphatic rings. The molecule has 0 saturated carbocycles. The molecule has 0 bridgehead atoms. The van der Waals surface area contributed by atoms with Crippen LogP contribution in [0.4, 0.5) is 10.5 Å². The Bertz CT molecular complexity index is 809. The summed E-state index contributed by atoms with van der Waals surface area (Å²) < 4.78 is 0. The zero-order valence-electron chi connectivity index (χ0n) is 15.5. The van der Waals surface area contributed by atoms with Crippen molar-refractivity contribution in [2.24, 2.45) is 0 Å². The Kier molecular flexibility index (Phi) is 6.82. The van der Waals surface area contributed by atoms with Crippen molar-refractivity contribution in [3.8, 4) is 0 Å². The van der Waals surface area contributed by atoms with Crippen molar-refractivity contribution in [2.45, 2.75) is 39.0 Å². The second-order valence-electron chi connectivity index (χ2n) is 6.96. The van der Waals surface area contributed by atoms with E-state index < -0.39 is 11.6 Å². The molecule has 0 spiro atoms. The van der Waals surface area contributed by atoms with Gasteiger partial charge in [-0.05, 0) is 42.7 Å². The van der Waals surface area contributed by atoms with Crippen LogP contribution in [0.5, 0.6) is 0 Å². The molecule has 4 N–H and O–H groups in total. The first-order valence-corrected chi connectivity index (χ1v) is 8.68. The van der Waals surface area contributed by atoms with Gasteiger partial charge in [-0.1, -0.05) is 36.4 Å². The lowest BCUT2D eigenvalue weighted by Gasteiger charge is -2.25. The molecule has 0 unspecified atom stereocenters. The lowest BCUT2D eigenvalue weighted by atomic mass is 10.0. The van der Waals surface area contributed by atoms with Crippen molar-refractivity contribution in [3.05, 3.63) is 65.2 Å². The van der Waals surface area contributed by atoms with Crippen LogP contribution in [0.25, 0.3) is 0 Å². The van der Waals surface area contributed by atoms with E-state index in [2.05, 4.69) is 33.4 Å². The second kappa shape index (κ2) is 8.88. The lowest BCUT2D eigenvalue weighted by Crippen LogP contribution is -2.55. The maximum Gasteiger partial charge on any atom is 0.320 e. The average Bonchev–Trinajstić information content (AvgIpc) is 3.07. The molecule has 27 heavy (non-hydrogen) atoms. The summed E-state index contributed by atoms with van der Waals surface area (Å²) in [5, 5.41) is 11.6. The van der Waals surface area contributed by atoms with E-state index in [0.29, 0.717) is 12.2 Å². The van der Waals surface area contributed by atoms with Gasteiger partial charge in [0.1, 0.15) is 5.54 Å². The number of fused-ring (bicyclic) bond motifs is 1. The van der Waals surface area contributed by atoms with Crippen LogP contribution in [0, 0.1) is 0 Å². The van der Waals surface area contributed by atoms with E-state index in [1.807, 2.05) is 24.3 Å². The number of rotatable bonds is 5. The number of halogens is 1. The van der Waals surface area contributed by atoms with Crippen LogP contribution in [0.1, 0.15) is 30.5 Å². The van der Waals surface area contributed by atoms with Gasteiger partial charge < -0.3 is 21.3 Å². The molecule has 3 amide bonds. The van der Waals surface area contributed by atoms with E-state index in [9.17, 15) is 9.59 Å². The van der Waals surface area contributed by atoms with E-state index >= 15 is 0 Å². The Hall–Kier alpha value is -2.57. The van der Waals surface area contributed by atoms with Crippen molar-refractivity contribution in [2.75, 3.05) is 5.32 Å². The molecule has 0 aliphatic carbocycles. The molecule has 7 heteroatoms. The molecule has 6 nitrogen and oxygen atoms in total. The highest BCUT2D eigenvalue weighted by atomic mass is 35.5. The molecule has 0 atom stereocenters. The number of urea groups is 1. The third-order valence-electron chi connectivity index (χ3n) is 4.38. The SMILES string of the molecule is CC(C)(NC(=O)Nc1ccccc1)C(=O)NCc1ccc2c(c1)CNC2.Cl. The molecular formula is C20H25ClN4O2. The summed E-state index contributed by atoms with van der Waals surface area (Å²) in [5.41, 5.74) is 3.27. The Balaban J connectivity index is 0.00000261. The number of carbonyl (C=O) groups excluding carboxylic acids is 2. The fourth-order valence-electron chi connectivity index (χ4n) is 2.89. The second-order valence-corrected chi connectivity index (χ2v) is 6.96. The number of nitrogens with one attached hydrogen (secondary N) is 4. The minimum atomic E-state index is -1.03. The van der Waals surface area contributed by atoms with Crippen LogP contribution < -0.4 is 21.3 Å². The van der Waals surface area contributed by atoms with Gasteiger partial charge in [-0.25, -0.2) is 4.79 Å². The fraction of sp³-hybridized carbons (Fsp3) is 0.300. The Morgan fingerprint density at radius 3 is 2.48 bits per heavy atom. The average molecular weight is 389 g/mol. The monoisotopic (exact) mass is 388 g/mol. The smallest absolute Gasteiger partial charge is 0.320 e. The third-order valence-corrected chi connectivity index (χ3v) is 4.38. The molecule has 1 heterocycles. The standard InChI is InChI=1S/C20H24N4O2.ClH/c1-20(2,24-19(26)23-17-6-4-3-5-7-17)18(25)22-11-14-8-9-15-12-21-13-16(15)10-14;/h3-10,21H,11-13H2,1-2H3,(H,22,25)(H2,23,24,26);1H. The highest BCUT2D eigenvalue weighted by Crippen LogP contribution is 2.17. The first-order valence-electron chi connectivity index (χ1n) is 8.68. The zero-order valence-corrected chi connectivity index (χ0v) is 16.3. The van der Waals surface area contributed by atoms with Crippen molar-refractivity contribution in [1.29, 1.82) is 0 Å². The normalized spacial score (nSPS) is 12.5. The molecule has 2 aromatic rings. The van der Waals surface area contributed by atoms with Gasteiger partial charge in [0.15, 0.2) is 0 Å².